The van der Waals surface area contributed by atoms with Crippen molar-refractivity contribution in [1.82, 2.24) is 5.48 Å². The van der Waals surface area contributed by atoms with E-state index in [9.17, 15) is 9.59 Å². The number of hydrogen-bond acceptors (Lipinski definition) is 4. The maximum absolute atomic E-state index is 13.0. The highest BCUT2D eigenvalue weighted by Gasteiger charge is 2.32. The van der Waals surface area contributed by atoms with Crippen LogP contribution in [0.3, 0.4) is 0 Å². The Hall–Kier alpha value is -1.71. The molecule has 0 saturated heterocycles. The number of hydroxylamine groups is 1. The van der Waals surface area contributed by atoms with E-state index in [1.165, 1.54) is 17.8 Å². The van der Waals surface area contributed by atoms with Gasteiger partial charge in [0.1, 0.15) is 5.70 Å². The van der Waals surface area contributed by atoms with Gasteiger partial charge in [0.15, 0.2) is 0 Å². The van der Waals surface area contributed by atoms with Crippen molar-refractivity contribution in [2.24, 2.45) is 5.92 Å². The molecule has 2 rings (SSSR count). The molecule has 1 atom stereocenters. The van der Waals surface area contributed by atoms with E-state index in [0.717, 1.165) is 32.1 Å². The molecule has 23 heavy (non-hydrogen) atoms. The summed E-state index contributed by atoms with van der Waals surface area (Å²) in [5.74, 6) is 0.878. The van der Waals surface area contributed by atoms with Gasteiger partial charge in [-0.1, -0.05) is 37.5 Å². The molecule has 1 aromatic carbocycles. The number of nitrogens with zero attached hydrogens (tertiary/aromatic N) is 1. The molecule has 2 amide bonds. The lowest BCUT2D eigenvalue weighted by molar-refractivity contribution is -0.128. The highest BCUT2D eigenvalue weighted by Crippen LogP contribution is 2.28. The van der Waals surface area contributed by atoms with Gasteiger partial charge in [-0.15, -0.1) is 9.24 Å². The summed E-state index contributed by atoms with van der Waals surface area (Å²) >= 11 is 0. The molecule has 6 heteroatoms. The zero-order valence-corrected chi connectivity index (χ0v) is 14.5. The van der Waals surface area contributed by atoms with E-state index < -0.39 is 5.91 Å². The molecule has 124 valence electrons. The second kappa shape index (κ2) is 8.80. The molecule has 1 aromatic rings. The summed E-state index contributed by atoms with van der Waals surface area (Å²) in [6.07, 6.45) is 4.91. The molecule has 0 aromatic heterocycles. The van der Waals surface area contributed by atoms with Crippen molar-refractivity contribution in [1.29, 1.82) is 0 Å². The minimum Gasteiger partial charge on any atom is -0.279 e. The fourth-order valence-electron chi connectivity index (χ4n) is 2.83. The first-order chi connectivity index (χ1) is 11.2. The summed E-state index contributed by atoms with van der Waals surface area (Å²) in [5, 5.41) is 0. The van der Waals surface area contributed by atoms with E-state index in [4.69, 9.17) is 4.84 Å². The lowest BCUT2D eigenvalue weighted by Crippen LogP contribution is -2.44. The van der Waals surface area contributed by atoms with Crippen LogP contribution in [0.5, 0.6) is 0 Å². The first-order valence-corrected chi connectivity index (χ1v) is 8.50. The van der Waals surface area contributed by atoms with Crippen molar-refractivity contribution < 1.29 is 14.4 Å². The van der Waals surface area contributed by atoms with Crippen LogP contribution < -0.4 is 10.4 Å². The molecule has 1 unspecified atom stereocenters. The minimum atomic E-state index is -0.413. The van der Waals surface area contributed by atoms with Gasteiger partial charge in [0, 0.05) is 5.92 Å². The summed E-state index contributed by atoms with van der Waals surface area (Å²) in [5.41, 5.74) is 3.33. The van der Waals surface area contributed by atoms with Crippen molar-refractivity contribution in [3.8, 4) is 0 Å². The van der Waals surface area contributed by atoms with Gasteiger partial charge in [-0.05, 0) is 30.8 Å². The highest BCUT2D eigenvalue weighted by molar-refractivity contribution is 7.20. The normalized spacial score (nSPS) is 16.0. The number of benzene rings is 1. The topological polar surface area (TPSA) is 58.6 Å². The third-order valence-electron chi connectivity index (χ3n) is 4.00. The largest absolute Gasteiger partial charge is 0.283 e. The number of nitrogens with one attached hydrogen (secondary N) is 1. The minimum absolute atomic E-state index is 0.0961. The van der Waals surface area contributed by atoms with Crippen LogP contribution in [-0.4, -0.2) is 18.9 Å². The number of para-hydroxylation sites is 1. The van der Waals surface area contributed by atoms with Crippen molar-refractivity contribution >= 4 is 26.7 Å². The Balaban J connectivity index is 2.32. The van der Waals surface area contributed by atoms with Crippen LogP contribution in [0.2, 0.25) is 0 Å². The molecule has 0 aliphatic heterocycles. The Morgan fingerprint density at radius 3 is 2.43 bits per heavy atom. The zero-order chi connectivity index (χ0) is 16.7. The third-order valence-corrected chi connectivity index (χ3v) is 4.33. The predicted octanol–water partition coefficient (Wildman–Crippen LogP) is 2.99. The summed E-state index contributed by atoms with van der Waals surface area (Å²) in [6.45, 7) is 0. The average Bonchev–Trinajstić information content (AvgIpc) is 2.61. The van der Waals surface area contributed by atoms with Crippen molar-refractivity contribution in [2.75, 3.05) is 12.0 Å². The number of imide groups is 1. The molecule has 1 aliphatic rings. The van der Waals surface area contributed by atoms with E-state index in [1.54, 1.807) is 12.1 Å². The molecule has 1 N–H and O–H groups in total. The van der Waals surface area contributed by atoms with Crippen molar-refractivity contribution in [3.05, 3.63) is 41.8 Å². The lowest BCUT2D eigenvalue weighted by atomic mass is 9.88. The first-order valence-electron chi connectivity index (χ1n) is 7.83. The predicted molar refractivity (Wildman–Crippen MR) is 93.4 cm³/mol. The highest BCUT2D eigenvalue weighted by atomic mass is 31.0. The number of amides is 2. The van der Waals surface area contributed by atoms with Crippen LogP contribution in [0, 0.1) is 5.92 Å². The average molecular weight is 334 g/mol. The van der Waals surface area contributed by atoms with Gasteiger partial charge in [-0.25, -0.2) is 4.90 Å². The Morgan fingerprint density at radius 1 is 1.22 bits per heavy atom. The van der Waals surface area contributed by atoms with E-state index >= 15 is 0 Å². The van der Waals surface area contributed by atoms with Crippen LogP contribution >= 0.6 is 9.24 Å². The zero-order valence-electron chi connectivity index (χ0n) is 13.3. The molecule has 1 saturated carbocycles. The molecule has 0 spiro atoms. The van der Waals surface area contributed by atoms with Gasteiger partial charge in [-0.3, -0.25) is 19.9 Å². The maximum Gasteiger partial charge on any atom is 0.283 e. The molecular weight excluding hydrogens is 311 g/mol. The van der Waals surface area contributed by atoms with Gasteiger partial charge in [0.05, 0.1) is 12.8 Å². The molecular formula is C17H23N2O3P. The fourth-order valence-corrected chi connectivity index (χ4v) is 3.04. The number of carbonyl (C=O) groups is 2. The van der Waals surface area contributed by atoms with Crippen LogP contribution in [-0.2, 0) is 14.4 Å². The Bertz CT molecular complexity index is 568. The number of anilines is 1. The van der Waals surface area contributed by atoms with E-state index in [1.807, 2.05) is 18.2 Å². The van der Waals surface area contributed by atoms with Crippen molar-refractivity contribution in [2.45, 2.75) is 32.1 Å². The smallest absolute Gasteiger partial charge is 0.279 e. The molecule has 1 fully saturated rings. The second-order valence-electron chi connectivity index (χ2n) is 5.54. The number of hydrogen-bond donors (Lipinski definition) is 1. The Morgan fingerprint density at radius 2 is 1.87 bits per heavy atom. The summed E-state index contributed by atoms with van der Waals surface area (Å²) in [6, 6.07) is 9.03. The molecule has 5 nitrogen and oxygen atoms in total. The van der Waals surface area contributed by atoms with Crippen LogP contribution in [0.15, 0.2) is 41.8 Å². The SMILES string of the molecule is CONC(=CP)C(=O)N(C(=O)C1CCCCC1)c1ccccc1. The van der Waals surface area contributed by atoms with Gasteiger partial charge in [-0.2, -0.15) is 0 Å². The molecule has 0 radical (unpaired) electrons. The number of carbonyl (C=O) groups excluding carboxylic acids is 2. The Labute approximate surface area is 139 Å². The van der Waals surface area contributed by atoms with Crippen LogP contribution in [0.4, 0.5) is 5.69 Å². The maximum atomic E-state index is 13.0. The fraction of sp³-hybridized carbons (Fsp3) is 0.412. The van der Waals surface area contributed by atoms with Gasteiger partial charge in [0.2, 0.25) is 5.91 Å². The van der Waals surface area contributed by atoms with E-state index in [-0.39, 0.29) is 17.5 Å². The third kappa shape index (κ3) is 4.40. The second-order valence-corrected chi connectivity index (χ2v) is 5.87. The molecule has 0 heterocycles. The monoisotopic (exact) mass is 334 g/mol. The van der Waals surface area contributed by atoms with Crippen LogP contribution in [0.25, 0.3) is 0 Å². The standard InChI is InChI=1S/C17H23N2O3P/c1-22-18-15(12-23)17(21)19(14-10-6-3-7-11-14)16(20)13-8-4-2-5-9-13/h3,6-7,10-13,18H,2,4-5,8-9,23H2,1H3. The van der Waals surface area contributed by atoms with E-state index in [2.05, 4.69) is 14.7 Å². The Kier molecular flexibility index (Phi) is 6.75. The summed E-state index contributed by atoms with van der Waals surface area (Å²) in [7, 11) is 3.78. The summed E-state index contributed by atoms with van der Waals surface area (Å²) < 4.78 is 0. The lowest BCUT2D eigenvalue weighted by Gasteiger charge is -2.28. The van der Waals surface area contributed by atoms with Gasteiger partial charge < -0.3 is 0 Å². The van der Waals surface area contributed by atoms with Crippen LogP contribution in [0.1, 0.15) is 32.1 Å². The van der Waals surface area contributed by atoms with Gasteiger partial charge in [0.25, 0.3) is 5.91 Å². The first kappa shape index (κ1) is 17.6. The van der Waals surface area contributed by atoms with Gasteiger partial charge >= 0.3 is 0 Å². The molecule has 1 aliphatic carbocycles. The quantitative estimate of drug-likeness (QED) is 0.511. The summed E-state index contributed by atoms with van der Waals surface area (Å²) in [4.78, 5) is 31.9. The van der Waals surface area contributed by atoms with E-state index in [0.29, 0.717) is 5.69 Å². The molecule has 0 bridgehead atoms. The van der Waals surface area contributed by atoms with Crippen molar-refractivity contribution in [3.63, 3.8) is 0 Å². The number of rotatable bonds is 5.